The lowest BCUT2D eigenvalue weighted by Gasteiger charge is -2.38. The summed E-state index contributed by atoms with van der Waals surface area (Å²) in [6, 6.07) is 3.62. The van der Waals surface area contributed by atoms with E-state index < -0.39 is 0 Å². The van der Waals surface area contributed by atoms with E-state index in [2.05, 4.69) is 25.8 Å². The molecule has 0 unspecified atom stereocenters. The van der Waals surface area contributed by atoms with Crippen LogP contribution in [0.2, 0.25) is 0 Å². The molecule has 0 saturated carbocycles. The Kier molecular flexibility index (Phi) is 6.02. The van der Waals surface area contributed by atoms with Gasteiger partial charge in [0.05, 0.1) is 18.3 Å². The smallest absolute Gasteiger partial charge is 0.228 e. The zero-order valence-corrected chi connectivity index (χ0v) is 13.9. The Balaban J connectivity index is 0.00000220. The Morgan fingerprint density at radius 3 is 2.43 bits per heavy atom. The fourth-order valence-electron chi connectivity index (χ4n) is 2.80. The number of amides is 1. The summed E-state index contributed by atoms with van der Waals surface area (Å²) in [7, 11) is 0. The van der Waals surface area contributed by atoms with Crippen molar-refractivity contribution in [1.82, 2.24) is 9.88 Å². The molecule has 0 spiro atoms. The first-order chi connectivity index (χ1) is 9.36. The second-order valence-electron chi connectivity index (χ2n) is 6.78. The van der Waals surface area contributed by atoms with Gasteiger partial charge in [0.25, 0.3) is 0 Å². The highest BCUT2D eigenvalue weighted by Crippen LogP contribution is 2.34. The number of hydrogen-bond donors (Lipinski definition) is 1. The Morgan fingerprint density at radius 1 is 1.33 bits per heavy atom. The van der Waals surface area contributed by atoms with Crippen molar-refractivity contribution >= 4 is 24.0 Å². The molecule has 4 nitrogen and oxygen atoms in total. The molecule has 2 heterocycles. The molecule has 0 aromatic carbocycles. The highest BCUT2D eigenvalue weighted by atomic mass is 35.5. The molecule has 1 fully saturated rings. The number of anilines is 1. The highest BCUT2D eigenvalue weighted by Gasteiger charge is 2.30. The van der Waals surface area contributed by atoms with Crippen LogP contribution in [0.3, 0.4) is 0 Å². The molecule has 1 aromatic heterocycles. The van der Waals surface area contributed by atoms with Crippen molar-refractivity contribution in [3.63, 3.8) is 0 Å². The number of nitrogen functional groups attached to an aromatic ring is 1. The van der Waals surface area contributed by atoms with Crippen molar-refractivity contribution in [1.29, 1.82) is 0 Å². The Bertz CT molecular complexity index is 459. The van der Waals surface area contributed by atoms with Gasteiger partial charge in [-0.1, -0.05) is 20.8 Å². The van der Waals surface area contributed by atoms with Crippen LogP contribution < -0.4 is 5.73 Å². The van der Waals surface area contributed by atoms with E-state index in [-0.39, 0.29) is 18.3 Å². The number of pyridine rings is 1. The van der Waals surface area contributed by atoms with Crippen LogP contribution in [-0.2, 0) is 11.2 Å². The van der Waals surface area contributed by atoms with Crippen molar-refractivity contribution in [2.24, 2.45) is 11.3 Å². The molecule has 0 atom stereocenters. The van der Waals surface area contributed by atoms with E-state index in [0.29, 0.717) is 23.4 Å². The molecule has 0 bridgehead atoms. The van der Waals surface area contributed by atoms with E-state index in [1.54, 1.807) is 12.3 Å². The van der Waals surface area contributed by atoms with Gasteiger partial charge >= 0.3 is 0 Å². The first kappa shape index (κ1) is 17.8. The predicted octanol–water partition coefficient (Wildman–Crippen LogP) is 2.91. The van der Waals surface area contributed by atoms with Gasteiger partial charge in [-0.2, -0.15) is 0 Å². The van der Waals surface area contributed by atoms with Gasteiger partial charge in [0, 0.05) is 18.8 Å². The SMILES string of the molecule is CC(C)(C)C1CCN(C(=O)Cc2ccc(N)cn2)CC1.Cl. The van der Waals surface area contributed by atoms with Gasteiger partial charge in [0.1, 0.15) is 0 Å². The third-order valence-corrected chi connectivity index (χ3v) is 4.25. The molecule has 0 radical (unpaired) electrons. The maximum absolute atomic E-state index is 12.3. The van der Waals surface area contributed by atoms with Crippen molar-refractivity contribution in [3.8, 4) is 0 Å². The molecule has 1 aliphatic rings. The van der Waals surface area contributed by atoms with Gasteiger partial charge in [0.2, 0.25) is 5.91 Å². The number of carbonyl (C=O) groups is 1. The van der Waals surface area contributed by atoms with Crippen molar-refractivity contribution < 1.29 is 4.79 Å². The van der Waals surface area contributed by atoms with Crippen LogP contribution in [0.1, 0.15) is 39.3 Å². The second-order valence-corrected chi connectivity index (χ2v) is 6.78. The minimum absolute atomic E-state index is 0. The van der Waals surface area contributed by atoms with Gasteiger partial charge in [-0.15, -0.1) is 12.4 Å². The number of nitrogens with two attached hydrogens (primary N) is 1. The molecule has 1 amide bonds. The molecule has 1 saturated heterocycles. The number of aromatic nitrogens is 1. The maximum Gasteiger partial charge on any atom is 0.228 e. The van der Waals surface area contributed by atoms with E-state index >= 15 is 0 Å². The molecule has 5 heteroatoms. The third-order valence-electron chi connectivity index (χ3n) is 4.25. The maximum atomic E-state index is 12.3. The zero-order chi connectivity index (χ0) is 14.8. The summed E-state index contributed by atoms with van der Waals surface area (Å²) in [6.45, 7) is 8.60. The van der Waals surface area contributed by atoms with Gasteiger partial charge in [-0.25, -0.2) is 0 Å². The van der Waals surface area contributed by atoms with Crippen LogP contribution in [0.15, 0.2) is 18.3 Å². The monoisotopic (exact) mass is 311 g/mol. The number of piperidine rings is 1. The van der Waals surface area contributed by atoms with Crippen LogP contribution in [0.25, 0.3) is 0 Å². The number of rotatable bonds is 2. The molecular formula is C16H26ClN3O. The summed E-state index contributed by atoms with van der Waals surface area (Å²) < 4.78 is 0. The van der Waals surface area contributed by atoms with Crippen LogP contribution in [-0.4, -0.2) is 28.9 Å². The number of halogens is 1. The lowest BCUT2D eigenvalue weighted by molar-refractivity contribution is -0.132. The number of hydrogen-bond acceptors (Lipinski definition) is 3. The molecule has 1 aliphatic heterocycles. The van der Waals surface area contributed by atoms with Crippen LogP contribution in [0.5, 0.6) is 0 Å². The summed E-state index contributed by atoms with van der Waals surface area (Å²) >= 11 is 0. The minimum atomic E-state index is 0. The van der Waals surface area contributed by atoms with E-state index in [1.807, 2.05) is 11.0 Å². The standard InChI is InChI=1S/C16H25N3O.ClH/c1-16(2,3)12-6-8-19(9-7-12)15(20)10-14-5-4-13(17)11-18-14;/h4-5,11-12H,6-10,17H2,1-3H3;1H. The van der Waals surface area contributed by atoms with Gasteiger partial charge in [-0.3, -0.25) is 9.78 Å². The zero-order valence-electron chi connectivity index (χ0n) is 13.1. The molecule has 118 valence electrons. The quantitative estimate of drug-likeness (QED) is 0.913. The number of carbonyl (C=O) groups excluding carboxylic acids is 1. The molecule has 2 rings (SSSR count). The van der Waals surface area contributed by atoms with E-state index in [1.165, 1.54) is 0 Å². The first-order valence-electron chi connectivity index (χ1n) is 7.34. The molecule has 0 aliphatic carbocycles. The van der Waals surface area contributed by atoms with Crippen LogP contribution in [0.4, 0.5) is 5.69 Å². The fraction of sp³-hybridized carbons (Fsp3) is 0.625. The van der Waals surface area contributed by atoms with Crippen molar-refractivity contribution in [3.05, 3.63) is 24.0 Å². The van der Waals surface area contributed by atoms with Crippen LogP contribution >= 0.6 is 12.4 Å². The molecule has 1 aromatic rings. The fourth-order valence-corrected chi connectivity index (χ4v) is 2.80. The predicted molar refractivity (Wildman–Crippen MR) is 88.4 cm³/mol. The lowest BCUT2D eigenvalue weighted by atomic mass is 9.75. The first-order valence-corrected chi connectivity index (χ1v) is 7.34. The summed E-state index contributed by atoms with van der Waals surface area (Å²) in [5, 5.41) is 0. The second kappa shape index (κ2) is 7.12. The summed E-state index contributed by atoms with van der Waals surface area (Å²) in [5.74, 6) is 0.885. The van der Waals surface area contributed by atoms with E-state index in [9.17, 15) is 4.79 Å². The lowest BCUT2D eigenvalue weighted by Crippen LogP contribution is -2.42. The minimum Gasteiger partial charge on any atom is -0.397 e. The normalized spacial score (nSPS) is 16.4. The number of nitrogens with zero attached hydrogens (tertiary/aromatic N) is 2. The summed E-state index contributed by atoms with van der Waals surface area (Å²) in [6.07, 6.45) is 4.18. The molecule has 2 N–H and O–H groups in total. The van der Waals surface area contributed by atoms with E-state index in [4.69, 9.17) is 5.73 Å². The Labute approximate surface area is 133 Å². The molecular weight excluding hydrogens is 286 g/mol. The number of likely N-dealkylation sites (tertiary alicyclic amines) is 1. The average molecular weight is 312 g/mol. The van der Waals surface area contributed by atoms with E-state index in [0.717, 1.165) is 31.6 Å². The van der Waals surface area contributed by atoms with Crippen LogP contribution in [0, 0.1) is 11.3 Å². The van der Waals surface area contributed by atoms with Crippen molar-refractivity contribution in [2.75, 3.05) is 18.8 Å². The van der Waals surface area contributed by atoms with Gasteiger partial charge in [-0.05, 0) is 36.3 Å². The third kappa shape index (κ3) is 4.88. The molecule has 21 heavy (non-hydrogen) atoms. The van der Waals surface area contributed by atoms with Gasteiger partial charge < -0.3 is 10.6 Å². The van der Waals surface area contributed by atoms with Crippen molar-refractivity contribution in [2.45, 2.75) is 40.0 Å². The summed E-state index contributed by atoms with van der Waals surface area (Å²) in [5.41, 5.74) is 7.36. The largest absolute Gasteiger partial charge is 0.397 e. The Hall–Kier alpha value is -1.29. The Morgan fingerprint density at radius 2 is 1.95 bits per heavy atom. The highest BCUT2D eigenvalue weighted by molar-refractivity contribution is 5.85. The average Bonchev–Trinajstić information content (AvgIpc) is 2.40. The van der Waals surface area contributed by atoms with Gasteiger partial charge in [0.15, 0.2) is 0 Å². The topological polar surface area (TPSA) is 59.2 Å². The summed E-state index contributed by atoms with van der Waals surface area (Å²) in [4.78, 5) is 18.4.